The molecule has 106 valence electrons. The van der Waals surface area contributed by atoms with Gasteiger partial charge in [-0.05, 0) is 50.6 Å². The van der Waals surface area contributed by atoms with E-state index in [9.17, 15) is 0 Å². The molecule has 0 aliphatic carbocycles. The minimum Gasteiger partial charge on any atom is -0.329 e. The molecule has 0 bridgehead atoms. The normalized spacial score (nSPS) is 26.3. The van der Waals surface area contributed by atoms with E-state index in [-0.39, 0.29) is 0 Å². The minimum absolute atomic E-state index is 0.544. The summed E-state index contributed by atoms with van der Waals surface area (Å²) in [5.41, 5.74) is 7.45. The molecule has 3 unspecified atom stereocenters. The van der Waals surface area contributed by atoms with Gasteiger partial charge in [0, 0.05) is 18.6 Å². The van der Waals surface area contributed by atoms with Crippen molar-refractivity contribution in [1.82, 2.24) is 4.90 Å². The van der Waals surface area contributed by atoms with Gasteiger partial charge in [0.2, 0.25) is 0 Å². The Balaban J connectivity index is 1.89. The summed E-state index contributed by atoms with van der Waals surface area (Å²) < 4.78 is 0. The summed E-state index contributed by atoms with van der Waals surface area (Å²) in [6.07, 6.45) is 4.97. The van der Waals surface area contributed by atoms with E-state index in [1.165, 1.54) is 31.4 Å². The highest BCUT2D eigenvalue weighted by Crippen LogP contribution is 2.25. The van der Waals surface area contributed by atoms with Crippen molar-refractivity contribution >= 4 is 0 Å². The quantitative estimate of drug-likeness (QED) is 0.881. The Labute approximate surface area is 118 Å². The number of likely N-dealkylation sites (tertiary alicyclic amines) is 1. The number of benzene rings is 1. The molecule has 1 saturated heterocycles. The minimum atomic E-state index is 0.544. The highest BCUT2D eigenvalue weighted by Gasteiger charge is 2.27. The Morgan fingerprint density at radius 1 is 1.26 bits per heavy atom. The van der Waals surface area contributed by atoms with Crippen LogP contribution in [0.25, 0.3) is 0 Å². The molecular weight excluding hydrogens is 232 g/mol. The first kappa shape index (κ1) is 14.5. The molecule has 1 aliphatic rings. The lowest BCUT2D eigenvalue weighted by Crippen LogP contribution is -2.49. The van der Waals surface area contributed by atoms with E-state index in [1.54, 1.807) is 0 Å². The zero-order valence-corrected chi connectivity index (χ0v) is 12.4. The fourth-order valence-electron chi connectivity index (χ4n) is 3.36. The van der Waals surface area contributed by atoms with Gasteiger partial charge in [0.1, 0.15) is 0 Å². The van der Waals surface area contributed by atoms with E-state index in [4.69, 9.17) is 5.73 Å². The lowest BCUT2D eigenvalue weighted by Gasteiger charge is -2.41. The van der Waals surface area contributed by atoms with Gasteiger partial charge >= 0.3 is 0 Å². The first-order valence-corrected chi connectivity index (χ1v) is 7.70. The first-order chi connectivity index (χ1) is 9.20. The Bertz CT molecular complexity index is 363. The number of nitrogens with zero attached hydrogens (tertiary/aromatic N) is 1. The average molecular weight is 260 g/mol. The van der Waals surface area contributed by atoms with Crippen LogP contribution in [-0.4, -0.2) is 30.1 Å². The van der Waals surface area contributed by atoms with E-state index < -0.39 is 0 Å². The summed E-state index contributed by atoms with van der Waals surface area (Å²) in [5.74, 6) is 0.874. The number of aryl methyl sites for hydroxylation is 1. The van der Waals surface area contributed by atoms with Crippen LogP contribution in [0.15, 0.2) is 30.3 Å². The first-order valence-electron chi connectivity index (χ1n) is 7.70. The van der Waals surface area contributed by atoms with Gasteiger partial charge in [-0.2, -0.15) is 0 Å². The van der Waals surface area contributed by atoms with Crippen molar-refractivity contribution in [2.75, 3.05) is 13.1 Å². The van der Waals surface area contributed by atoms with Gasteiger partial charge in [0.05, 0.1) is 0 Å². The lowest BCUT2D eigenvalue weighted by molar-refractivity contribution is 0.0808. The highest BCUT2D eigenvalue weighted by atomic mass is 15.2. The van der Waals surface area contributed by atoms with Crippen LogP contribution in [0.4, 0.5) is 0 Å². The van der Waals surface area contributed by atoms with Crippen molar-refractivity contribution in [2.45, 2.75) is 51.6 Å². The Hall–Kier alpha value is -0.860. The summed E-state index contributed by atoms with van der Waals surface area (Å²) in [6.45, 7) is 6.74. The van der Waals surface area contributed by atoms with Gasteiger partial charge in [0.25, 0.3) is 0 Å². The zero-order chi connectivity index (χ0) is 13.7. The number of hydrogen-bond donors (Lipinski definition) is 1. The monoisotopic (exact) mass is 260 g/mol. The van der Waals surface area contributed by atoms with Crippen molar-refractivity contribution in [2.24, 2.45) is 11.7 Å². The molecule has 2 heteroatoms. The number of nitrogens with two attached hydrogens (primary N) is 1. The molecule has 0 saturated carbocycles. The van der Waals surface area contributed by atoms with Crippen LogP contribution < -0.4 is 5.73 Å². The standard InChI is InChI=1S/C17H28N2/c1-14-10-11-19(15(2)12-14)17(13-18)9-8-16-6-4-3-5-7-16/h3-7,14-15,17H,8-13,18H2,1-2H3. The van der Waals surface area contributed by atoms with Crippen LogP contribution in [0.3, 0.4) is 0 Å². The predicted molar refractivity (Wildman–Crippen MR) is 82.2 cm³/mol. The largest absolute Gasteiger partial charge is 0.329 e. The fourth-order valence-corrected chi connectivity index (χ4v) is 3.36. The second-order valence-electron chi connectivity index (χ2n) is 6.13. The Kier molecular flexibility index (Phi) is 5.41. The van der Waals surface area contributed by atoms with Crippen molar-refractivity contribution in [3.63, 3.8) is 0 Å². The second-order valence-corrected chi connectivity index (χ2v) is 6.13. The molecule has 1 aromatic rings. The Morgan fingerprint density at radius 3 is 2.63 bits per heavy atom. The molecule has 19 heavy (non-hydrogen) atoms. The van der Waals surface area contributed by atoms with Crippen molar-refractivity contribution < 1.29 is 0 Å². The molecule has 1 aliphatic heterocycles. The summed E-state index contributed by atoms with van der Waals surface area (Å²) in [4.78, 5) is 2.64. The molecular formula is C17H28N2. The van der Waals surface area contributed by atoms with E-state index in [2.05, 4.69) is 49.1 Å². The third-order valence-electron chi connectivity index (χ3n) is 4.54. The number of piperidine rings is 1. The highest BCUT2D eigenvalue weighted by molar-refractivity contribution is 5.14. The van der Waals surface area contributed by atoms with Crippen molar-refractivity contribution in [3.8, 4) is 0 Å². The third kappa shape index (κ3) is 4.05. The zero-order valence-electron chi connectivity index (χ0n) is 12.4. The molecule has 2 N–H and O–H groups in total. The maximum Gasteiger partial charge on any atom is 0.0224 e. The molecule has 0 spiro atoms. The van der Waals surface area contributed by atoms with E-state index in [0.717, 1.165) is 18.9 Å². The fraction of sp³-hybridized carbons (Fsp3) is 0.647. The number of rotatable bonds is 5. The maximum atomic E-state index is 6.02. The molecule has 2 nitrogen and oxygen atoms in total. The van der Waals surface area contributed by atoms with Crippen molar-refractivity contribution in [3.05, 3.63) is 35.9 Å². The van der Waals surface area contributed by atoms with Crippen LogP contribution in [0.2, 0.25) is 0 Å². The number of hydrogen-bond acceptors (Lipinski definition) is 2. The lowest BCUT2D eigenvalue weighted by atomic mass is 9.91. The summed E-state index contributed by atoms with van der Waals surface area (Å²) in [5, 5.41) is 0. The smallest absolute Gasteiger partial charge is 0.0224 e. The van der Waals surface area contributed by atoms with Crippen molar-refractivity contribution in [1.29, 1.82) is 0 Å². The SMILES string of the molecule is CC1CCN(C(CN)CCc2ccccc2)C(C)C1. The van der Waals surface area contributed by atoms with Crippen LogP contribution in [0, 0.1) is 5.92 Å². The Morgan fingerprint density at radius 2 is 2.00 bits per heavy atom. The molecule has 3 atom stereocenters. The molecule has 1 heterocycles. The molecule has 0 radical (unpaired) electrons. The van der Waals surface area contributed by atoms with Gasteiger partial charge in [-0.25, -0.2) is 0 Å². The van der Waals surface area contributed by atoms with Gasteiger partial charge in [0.15, 0.2) is 0 Å². The summed E-state index contributed by atoms with van der Waals surface area (Å²) >= 11 is 0. The van der Waals surface area contributed by atoms with Gasteiger partial charge in [-0.15, -0.1) is 0 Å². The van der Waals surface area contributed by atoms with Crippen LogP contribution in [0.5, 0.6) is 0 Å². The van der Waals surface area contributed by atoms with Gasteiger partial charge < -0.3 is 5.73 Å². The average Bonchev–Trinajstić information content (AvgIpc) is 2.42. The van der Waals surface area contributed by atoms with Crippen LogP contribution in [-0.2, 0) is 6.42 Å². The van der Waals surface area contributed by atoms with E-state index in [1.807, 2.05) is 0 Å². The van der Waals surface area contributed by atoms with Crippen LogP contribution >= 0.6 is 0 Å². The molecule has 2 rings (SSSR count). The molecule has 0 amide bonds. The summed E-state index contributed by atoms with van der Waals surface area (Å²) in [6, 6.07) is 12.0. The van der Waals surface area contributed by atoms with Gasteiger partial charge in [-0.3, -0.25) is 4.90 Å². The van der Waals surface area contributed by atoms with Gasteiger partial charge in [-0.1, -0.05) is 37.3 Å². The topological polar surface area (TPSA) is 29.3 Å². The van der Waals surface area contributed by atoms with E-state index in [0.29, 0.717) is 12.1 Å². The van der Waals surface area contributed by atoms with E-state index >= 15 is 0 Å². The maximum absolute atomic E-state index is 6.02. The molecule has 0 aromatic heterocycles. The summed E-state index contributed by atoms with van der Waals surface area (Å²) in [7, 11) is 0. The second kappa shape index (κ2) is 7.06. The third-order valence-corrected chi connectivity index (χ3v) is 4.54. The molecule has 1 aromatic carbocycles. The molecule has 1 fully saturated rings. The predicted octanol–water partition coefficient (Wildman–Crippen LogP) is 3.07. The van der Waals surface area contributed by atoms with Crippen LogP contribution in [0.1, 0.15) is 38.7 Å².